The fourth-order valence-electron chi connectivity index (χ4n) is 2.40. The molecule has 0 radical (unpaired) electrons. The molecule has 1 N–H and O–H groups in total. The number of hydrogen-bond acceptors (Lipinski definition) is 5. The van der Waals surface area contributed by atoms with Gasteiger partial charge in [-0.1, -0.05) is 30.7 Å². The van der Waals surface area contributed by atoms with Crippen molar-refractivity contribution < 1.29 is 0 Å². The number of anilines is 3. The molecule has 1 saturated heterocycles. The molecule has 2 heterocycles. The summed E-state index contributed by atoms with van der Waals surface area (Å²) < 4.78 is 0. The molecule has 5 nitrogen and oxygen atoms in total. The van der Waals surface area contributed by atoms with Crippen LogP contribution < -0.4 is 10.2 Å². The third-order valence-corrected chi connectivity index (χ3v) is 4.08. The number of nitrogens with zero attached hydrogens (tertiary/aromatic N) is 4. The first-order valence-corrected chi connectivity index (χ1v) is 7.56. The molecule has 0 atom stereocenters. The van der Waals surface area contributed by atoms with E-state index in [4.69, 9.17) is 11.6 Å². The van der Waals surface area contributed by atoms with Gasteiger partial charge in [0.05, 0.1) is 16.9 Å². The molecule has 2 aromatic rings. The highest BCUT2D eigenvalue weighted by Gasteiger charge is 2.18. The normalized spacial score (nSPS) is 16.0. The lowest BCUT2D eigenvalue weighted by Crippen LogP contribution is -2.34. The minimum absolute atomic E-state index is 0.657. The molecule has 0 bridgehead atoms. The van der Waals surface area contributed by atoms with Crippen LogP contribution in [0.3, 0.4) is 0 Å². The molecule has 1 fully saturated rings. The summed E-state index contributed by atoms with van der Waals surface area (Å²) in [4.78, 5) is 6.73. The first-order chi connectivity index (χ1) is 10.2. The molecule has 1 aromatic carbocycles. The SMILES string of the molecule is CC1CCN(c2nncc(Nc3ccccc3Cl)n2)CC1. The van der Waals surface area contributed by atoms with Crippen molar-refractivity contribution in [3.63, 3.8) is 0 Å². The molecule has 0 aliphatic carbocycles. The van der Waals surface area contributed by atoms with E-state index < -0.39 is 0 Å². The molecule has 3 rings (SSSR count). The monoisotopic (exact) mass is 303 g/mol. The minimum atomic E-state index is 0.657. The van der Waals surface area contributed by atoms with E-state index >= 15 is 0 Å². The van der Waals surface area contributed by atoms with Gasteiger partial charge in [-0.2, -0.15) is 10.1 Å². The Morgan fingerprint density at radius 1 is 1.24 bits per heavy atom. The van der Waals surface area contributed by atoms with Gasteiger partial charge in [0.25, 0.3) is 0 Å². The smallest absolute Gasteiger partial charge is 0.247 e. The van der Waals surface area contributed by atoms with E-state index in [0.717, 1.165) is 24.7 Å². The largest absolute Gasteiger partial charge is 0.339 e. The minimum Gasteiger partial charge on any atom is -0.339 e. The van der Waals surface area contributed by atoms with Gasteiger partial charge >= 0.3 is 0 Å². The number of piperidine rings is 1. The molecule has 0 spiro atoms. The Morgan fingerprint density at radius 3 is 2.76 bits per heavy atom. The highest BCUT2D eigenvalue weighted by Crippen LogP contribution is 2.25. The summed E-state index contributed by atoms with van der Waals surface area (Å²) in [5.74, 6) is 2.12. The van der Waals surface area contributed by atoms with Crippen LogP contribution >= 0.6 is 11.6 Å². The van der Waals surface area contributed by atoms with Crippen LogP contribution in [-0.4, -0.2) is 28.3 Å². The summed E-state index contributed by atoms with van der Waals surface area (Å²) in [6.07, 6.45) is 3.95. The van der Waals surface area contributed by atoms with Gasteiger partial charge in [-0.15, -0.1) is 5.10 Å². The number of hydrogen-bond donors (Lipinski definition) is 1. The van der Waals surface area contributed by atoms with Crippen molar-refractivity contribution in [1.82, 2.24) is 15.2 Å². The summed E-state index contributed by atoms with van der Waals surface area (Å²) in [5.41, 5.74) is 0.817. The number of halogens is 1. The van der Waals surface area contributed by atoms with Gasteiger partial charge in [0.2, 0.25) is 5.95 Å². The van der Waals surface area contributed by atoms with Gasteiger partial charge in [-0.3, -0.25) is 0 Å². The highest BCUT2D eigenvalue weighted by molar-refractivity contribution is 6.33. The van der Waals surface area contributed by atoms with E-state index in [1.165, 1.54) is 12.8 Å². The maximum atomic E-state index is 6.14. The number of para-hydroxylation sites is 1. The lowest BCUT2D eigenvalue weighted by Gasteiger charge is -2.29. The van der Waals surface area contributed by atoms with E-state index in [-0.39, 0.29) is 0 Å². The van der Waals surface area contributed by atoms with Crippen LogP contribution in [-0.2, 0) is 0 Å². The standard InChI is InChI=1S/C15H18ClN5/c1-11-6-8-21(9-7-11)15-19-14(10-17-20-15)18-13-5-3-2-4-12(13)16/h2-5,10-11H,6-9H2,1H3,(H,18,19,20). The molecular formula is C15H18ClN5. The van der Waals surface area contributed by atoms with Crippen LogP contribution in [0.4, 0.5) is 17.5 Å². The van der Waals surface area contributed by atoms with Crippen molar-refractivity contribution in [1.29, 1.82) is 0 Å². The lowest BCUT2D eigenvalue weighted by molar-refractivity contribution is 0.433. The molecule has 1 aliphatic heterocycles. The first kappa shape index (κ1) is 14.1. The van der Waals surface area contributed by atoms with Crippen molar-refractivity contribution in [2.75, 3.05) is 23.3 Å². The number of nitrogens with one attached hydrogen (secondary N) is 1. The number of rotatable bonds is 3. The van der Waals surface area contributed by atoms with Crippen molar-refractivity contribution in [3.05, 3.63) is 35.5 Å². The second kappa shape index (κ2) is 6.26. The number of aromatic nitrogens is 3. The average Bonchev–Trinajstić information content (AvgIpc) is 2.51. The Morgan fingerprint density at radius 2 is 2.00 bits per heavy atom. The first-order valence-electron chi connectivity index (χ1n) is 7.18. The Hall–Kier alpha value is -1.88. The molecule has 110 valence electrons. The molecule has 1 aliphatic rings. The van der Waals surface area contributed by atoms with Gasteiger partial charge in [-0.25, -0.2) is 0 Å². The third-order valence-electron chi connectivity index (χ3n) is 3.75. The second-order valence-electron chi connectivity index (χ2n) is 5.42. The topological polar surface area (TPSA) is 53.9 Å². The van der Waals surface area contributed by atoms with Gasteiger partial charge < -0.3 is 10.2 Å². The van der Waals surface area contributed by atoms with Crippen molar-refractivity contribution in [3.8, 4) is 0 Å². The van der Waals surface area contributed by atoms with Crippen LogP contribution in [0.1, 0.15) is 19.8 Å². The third kappa shape index (κ3) is 3.42. The van der Waals surface area contributed by atoms with Crippen LogP contribution in [0, 0.1) is 5.92 Å². The zero-order valence-corrected chi connectivity index (χ0v) is 12.7. The second-order valence-corrected chi connectivity index (χ2v) is 5.82. The molecule has 0 amide bonds. The average molecular weight is 304 g/mol. The maximum absolute atomic E-state index is 6.14. The fraction of sp³-hybridized carbons (Fsp3) is 0.400. The summed E-state index contributed by atoms with van der Waals surface area (Å²) >= 11 is 6.14. The van der Waals surface area contributed by atoms with Crippen molar-refractivity contribution in [2.45, 2.75) is 19.8 Å². The molecular weight excluding hydrogens is 286 g/mol. The molecule has 0 unspecified atom stereocenters. The summed E-state index contributed by atoms with van der Waals surface area (Å²) in [7, 11) is 0. The van der Waals surface area contributed by atoms with Gasteiger partial charge in [0.1, 0.15) is 0 Å². The lowest BCUT2D eigenvalue weighted by atomic mass is 10.00. The van der Waals surface area contributed by atoms with Crippen LogP contribution in [0.5, 0.6) is 0 Å². The number of benzene rings is 1. The summed E-state index contributed by atoms with van der Waals surface area (Å²) in [5, 5.41) is 12.0. The predicted molar refractivity (Wildman–Crippen MR) is 85.2 cm³/mol. The predicted octanol–water partition coefficient (Wildman–Crippen LogP) is 3.50. The quantitative estimate of drug-likeness (QED) is 0.940. The molecule has 0 saturated carbocycles. The van der Waals surface area contributed by atoms with E-state index in [1.807, 2.05) is 24.3 Å². The Labute approximate surface area is 129 Å². The van der Waals surface area contributed by atoms with Crippen molar-refractivity contribution in [2.24, 2.45) is 5.92 Å². The van der Waals surface area contributed by atoms with Crippen molar-refractivity contribution >= 4 is 29.1 Å². The molecule has 21 heavy (non-hydrogen) atoms. The van der Waals surface area contributed by atoms with Gasteiger partial charge in [-0.05, 0) is 30.9 Å². The van der Waals surface area contributed by atoms with Crippen LogP contribution in [0.25, 0.3) is 0 Å². The van der Waals surface area contributed by atoms with E-state index in [1.54, 1.807) is 6.20 Å². The summed E-state index contributed by atoms with van der Waals surface area (Å²) in [6, 6.07) is 7.57. The Balaban J connectivity index is 1.76. The maximum Gasteiger partial charge on any atom is 0.247 e. The van der Waals surface area contributed by atoms with Gasteiger partial charge in [0, 0.05) is 13.1 Å². The highest BCUT2D eigenvalue weighted by atomic mass is 35.5. The Kier molecular flexibility index (Phi) is 4.20. The van der Waals surface area contributed by atoms with E-state index in [0.29, 0.717) is 16.8 Å². The van der Waals surface area contributed by atoms with Crippen LogP contribution in [0.2, 0.25) is 5.02 Å². The van der Waals surface area contributed by atoms with E-state index in [2.05, 4.69) is 32.3 Å². The Bertz CT molecular complexity index is 611. The zero-order chi connectivity index (χ0) is 14.7. The summed E-state index contributed by atoms with van der Waals surface area (Å²) in [6.45, 7) is 4.25. The zero-order valence-electron chi connectivity index (χ0n) is 12.0. The van der Waals surface area contributed by atoms with Crippen LogP contribution in [0.15, 0.2) is 30.5 Å². The van der Waals surface area contributed by atoms with E-state index in [9.17, 15) is 0 Å². The molecule has 6 heteroatoms. The fourth-order valence-corrected chi connectivity index (χ4v) is 2.58. The molecule has 1 aromatic heterocycles. The van der Waals surface area contributed by atoms with Gasteiger partial charge in [0.15, 0.2) is 5.82 Å².